The molecule has 2 nitrogen and oxygen atoms in total. The van der Waals surface area contributed by atoms with E-state index in [1.807, 2.05) is 6.07 Å². The highest BCUT2D eigenvalue weighted by atomic mass is 35.5. The van der Waals surface area contributed by atoms with Crippen LogP contribution in [-0.4, -0.2) is 18.6 Å². The Hall–Kier alpha value is -0.730. The van der Waals surface area contributed by atoms with Crippen LogP contribution in [0.15, 0.2) is 18.2 Å². The Bertz CT molecular complexity index is 445. The zero-order valence-corrected chi connectivity index (χ0v) is 14.4. The zero-order chi connectivity index (χ0) is 15.2. The van der Waals surface area contributed by atoms with Gasteiger partial charge in [-0.25, -0.2) is 0 Å². The third-order valence-electron chi connectivity index (χ3n) is 4.40. The second kappa shape index (κ2) is 8.05. The second-order valence-corrected chi connectivity index (χ2v) is 6.85. The molecule has 1 saturated heterocycles. The fourth-order valence-electron chi connectivity index (χ4n) is 3.21. The van der Waals surface area contributed by atoms with E-state index in [0.29, 0.717) is 12.1 Å². The number of halogens is 1. The maximum absolute atomic E-state index is 6.23. The predicted molar refractivity (Wildman–Crippen MR) is 93.3 cm³/mol. The fourth-order valence-corrected chi connectivity index (χ4v) is 3.40. The van der Waals surface area contributed by atoms with Gasteiger partial charge in [0.25, 0.3) is 0 Å². The molecule has 0 radical (unpaired) electrons. The highest BCUT2D eigenvalue weighted by Gasteiger charge is 2.21. The lowest BCUT2D eigenvalue weighted by Crippen LogP contribution is -2.35. The first-order chi connectivity index (χ1) is 10.1. The summed E-state index contributed by atoms with van der Waals surface area (Å²) in [7, 11) is 0. The molecule has 21 heavy (non-hydrogen) atoms. The van der Waals surface area contributed by atoms with Crippen LogP contribution in [0.5, 0.6) is 0 Å². The van der Waals surface area contributed by atoms with Gasteiger partial charge in [0.1, 0.15) is 0 Å². The van der Waals surface area contributed by atoms with Crippen molar-refractivity contribution in [1.82, 2.24) is 5.32 Å². The molecule has 0 spiro atoms. The largest absolute Gasteiger partial charge is 0.368 e. The molecule has 0 amide bonds. The molecule has 1 atom stereocenters. The Morgan fingerprint density at radius 2 is 2.10 bits per heavy atom. The number of nitrogens with one attached hydrogen (secondary N) is 1. The van der Waals surface area contributed by atoms with Crippen molar-refractivity contribution in [2.75, 3.05) is 11.4 Å². The monoisotopic (exact) mass is 308 g/mol. The molecule has 0 saturated carbocycles. The van der Waals surface area contributed by atoms with Gasteiger partial charge in [0.2, 0.25) is 0 Å². The van der Waals surface area contributed by atoms with Gasteiger partial charge in [0, 0.05) is 35.9 Å². The molecule has 1 aromatic rings. The summed E-state index contributed by atoms with van der Waals surface area (Å²) in [6.45, 7) is 8.75. The Morgan fingerprint density at radius 1 is 1.29 bits per heavy atom. The van der Waals surface area contributed by atoms with Crippen LogP contribution in [0.3, 0.4) is 0 Å². The van der Waals surface area contributed by atoms with Gasteiger partial charge in [0.15, 0.2) is 0 Å². The SMILES string of the molecule is CCC1CCCCCN1c1ccc(Cl)cc1CNC(C)C. The minimum atomic E-state index is 0.489. The van der Waals surface area contributed by atoms with Crippen molar-refractivity contribution in [3.8, 4) is 0 Å². The maximum atomic E-state index is 6.23. The number of nitrogens with zero attached hydrogens (tertiary/aromatic N) is 1. The van der Waals surface area contributed by atoms with E-state index >= 15 is 0 Å². The molecule has 1 unspecified atom stereocenters. The topological polar surface area (TPSA) is 15.3 Å². The quantitative estimate of drug-likeness (QED) is 0.823. The lowest BCUT2D eigenvalue weighted by Gasteiger charge is -2.33. The van der Waals surface area contributed by atoms with Crippen molar-refractivity contribution in [1.29, 1.82) is 0 Å². The van der Waals surface area contributed by atoms with Crippen molar-refractivity contribution in [2.24, 2.45) is 0 Å². The third kappa shape index (κ3) is 4.62. The molecule has 1 aliphatic heterocycles. The first-order valence-electron chi connectivity index (χ1n) is 8.40. The first kappa shape index (κ1) is 16.6. The second-order valence-electron chi connectivity index (χ2n) is 6.41. The standard InChI is InChI=1S/C18H29ClN2/c1-4-17-8-6-5-7-11-21(17)18-10-9-16(19)12-15(18)13-20-14(2)3/h9-10,12,14,17,20H,4-8,11,13H2,1-3H3. The van der Waals surface area contributed by atoms with Gasteiger partial charge in [-0.1, -0.05) is 45.2 Å². The molecule has 1 aliphatic rings. The van der Waals surface area contributed by atoms with Crippen molar-refractivity contribution < 1.29 is 0 Å². The fraction of sp³-hybridized carbons (Fsp3) is 0.667. The molecule has 3 heteroatoms. The summed E-state index contributed by atoms with van der Waals surface area (Å²) in [6.07, 6.45) is 6.56. The van der Waals surface area contributed by atoms with Crippen molar-refractivity contribution in [3.63, 3.8) is 0 Å². The summed E-state index contributed by atoms with van der Waals surface area (Å²) in [5.74, 6) is 0. The van der Waals surface area contributed by atoms with Gasteiger partial charge in [-0.2, -0.15) is 0 Å². The van der Waals surface area contributed by atoms with Gasteiger partial charge in [-0.3, -0.25) is 0 Å². The van der Waals surface area contributed by atoms with E-state index in [2.05, 4.69) is 43.1 Å². The molecule has 1 heterocycles. The molecular weight excluding hydrogens is 280 g/mol. The van der Waals surface area contributed by atoms with Crippen LogP contribution in [0.25, 0.3) is 0 Å². The van der Waals surface area contributed by atoms with E-state index in [4.69, 9.17) is 11.6 Å². The number of hydrogen-bond acceptors (Lipinski definition) is 2. The van der Waals surface area contributed by atoms with Gasteiger partial charge in [-0.05, 0) is 43.0 Å². The Morgan fingerprint density at radius 3 is 2.81 bits per heavy atom. The molecular formula is C18H29ClN2. The van der Waals surface area contributed by atoms with E-state index < -0.39 is 0 Å². The highest BCUT2D eigenvalue weighted by molar-refractivity contribution is 6.30. The van der Waals surface area contributed by atoms with Crippen molar-refractivity contribution >= 4 is 17.3 Å². The third-order valence-corrected chi connectivity index (χ3v) is 4.64. The summed E-state index contributed by atoms with van der Waals surface area (Å²) in [4.78, 5) is 2.63. The van der Waals surface area contributed by atoms with Crippen LogP contribution in [0, 0.1) is 0 Å². The maximum Gasteiger partial charge on any atom is 0.0415 e. The zero-order valence-electron chi connectivity index (χ0n) is 13.7. The molecule has 2 rings (SSSR count). The molecule has 1 aromatic carbocycles. The summed E-state index contributed by atoms with van der Waals surface area (Å²) in [5.41, 5.74) is 2.71. The summed E-state index contributed by atoms with van der Waals surface area (Å²) < 4.78 is 0. The predicted octanol–water partition coefficient (Wildman–Crippen LogP) is 5.00. The summed E-state index contributed by atoms with van der Waals surface area (Å²) in [6, 6.07) is 7.54. The smallest absolute Gasteiger partial charge is 0.0415 e. The summed E-state index contributed by atoms with van der Waals surface area (Å²) >= 11 is 6.23. The average Bonchev–Trinajstić information content (AvgIpc) is 2.70. The van der Waals surface area contributed by atoms with Gasteiger partial charge >= 0.3 is 0 Å². The molecule has 0 bridgehead atoms. The molecule has 0 aliphatic carbocycles. The van der Waals surface area contributed by atoms with Crippen LogP contribution >= 0.6 is 11.6 Å². The van der Waals surface area contributed by atoms with Crippen LogP contribution in [0.2, 0.25) is 5.02 Å². The van der Waals surface area contributed by atoms with Crippen molar-refractivity contribution in [2.45, 2.75) is 71.5 Å². The van der Waals surface area contributed by atoms with E-state index in [1.54, 1.807) is 0 Å². The number of anilines is 1. The van der Waals surface area contributed by atoms with Crippen LogP contribution in [-0.2, 0) is 6.54 Å². The van der Waals surface area contributed by atoms with E-state index in [0.717, 1.165) is 11.6 Å². The molecule has 1 N–H and O–H groups in total. The lowest BCUT2D eigenvalue weighted by molar-refractivity contribution is 0.549. The highest BCUT2D eigenvalue weighted by Crippen LogP contribution is 2.30. The van der Waals surface area contributed by atoms with Crippen LogP contribution < -0.4 is 10.2 Å². The van der Waals surface area contributed by atoms with Crippen LogP contribution in [0.4, 0.5) is 5.69 Å². The lowest BCUT2D eigenvalue weighted by atomic mass is 10.0. The van der Waals surface area contributed by atoms with Gasteiger partial charge < -0.3 is 10.2 Å². The van der Waals surface area contributed by atoms with Gasteiger partial charge in [0.05, 0.1) is 0 Å². The van der Waals surface area contributed by atoms with E-state index in [1.165, 1.54) is 49.9 Å². The van der Waals surface area contributed by atoms with Crippen LogP contribution in [0.1, 0.15) is 58.4 Å². The van der Waals surface area contributed by atoms with Crippen molar-refractivity contribution in [3.05, 3.63) is 28.8 Å². The Balaban J connectivity index is 2.26. The summed E-state index contributed by atoms with van der Waals surface area (Å²) in [5, 5.41) is 4.37. The minimum Gasteiger partial charge on any atom is -0.368 e. The Labute approximate surface area is 134 Å². The van der Waals surface area contributed by atoms with Gasteiger partial charge in [-0.15, -0.1) is 0 Å². The van der Waals surface area contributed by atoms with E-state index in [9.17, 15) is 0 Å². The molecule has 1 fully saturated rings. The first-order valence-corrected chi connectivity index (χ1v) is 8.78. The molecule has 118 valence electrons. The number of benzene rings is 1. The van der Waals surface area contributed by atoms with E-state index in [-0.39, 0.29) is 0 Å². The average molecular weight is 309 g/mol. The molecule has 0 aromatic heterocycles. The normalized spacial score (nSPS) is 19.9. The minimum absolute atomic E-state index is 0.489. The Kier molecular flexibility index (Phi) is 6.38. The number of hydrogen-bond donors (Lipinski definition) is 1. The number of rotatable bonds is 5.